The van der Waals surface area contributed by atoms with Gasteiger partial charge in [-0.15, -0.1) is 0 Å². The molecular weight excluding hydrogens is 186 g/mol. The minimum atomic E-state index is 0.765. The highest BCUT2D eigenvalue weighted by atomic mass is 35.5. The first-order chi connectivity index (χ1) is 6.25. The van der Waals surface area contributed by atoms with E-state index in [-0.39, 0.29) is 0 Å². The van der Waals surface area contributed by atoms with Crippen molar-refractivity contribution in [1.82, 2.24) is 15.1 Å². The van der Waals surface area contributed by atoms with E-state index in [9.17, 15) is 0 Å². The Hall–Kier alpha value is -0.540. The monoisotopic (exact) mass is 201 g/mol. The Kier molecular flexibility index (Phi) is 4.25. The first-order valence-electron chi connectivity index (χ1n) is 4.62. The third-order valence-electron chi connectivity index (χ3n) is 1.98. The molecule has 0 atom stereocenters. The van der Waals surface area contributed by atoms with Gasteiger partial charge in [-0.2, -0.15) is 5.10 Å². The van der Waals surface area contributed by atoms with Crippen molar-refractivity contribution in [3.05, 3.63) is 16.9 Å². The molecule has 0 fully saturated rings. The summed E-state index contributed by atoms with van der Waals surface area (Å²) in [5.74, 6) is 0. The van der Waals surface area contributed by atoms with Gasteiger partial charge in [0.05, 0.1) is 16.9 Å². The van der Waals surface area contributed by atoms with Gasteiger partial charge in [0, 0.05) is 20.0 Å². The summed E-state index contributed by atoms with van der Waals surface area (Å²) in [6.07, 6.45) is 3.80. The van der Waals surface area contributed by atoms with E-state index in [1.54, 1.807) is 6.20 Å². The summed E-state index contributed by atoms with van der Waals surface area (Å²) in [7, 11) is 1.92. The smallest absolute Gasteiger partial charge is 0.0818 e. The van der Waals surface area contributed by atoms with E-state index < -0.39 is 0 Å². The van der Waals surface area contributed by atoms with Crippen molar-refractivity contribution in [2.75, 3.05) is 13.1 Å². The van der Waals surface area contributed by atoms with Crippen molar-refractivity contribution in [2.24, 2.45) is 7.05 Å². The molecule has 0 aliphatic carbocycles. The van der Waals surface area contributed by atoms with Gasteiger partial charge in [-0.3, -0.25) is 4.68 Å². The van der Waals surface area contributed by atoms with Crippen LogP contribution in [0.4, 0.5) is 0 Å². The molecule has 0 amide bonds. The Balaban J connectivity index is 2.36. The zero-order chi connectivity index (χ0) is 9.68. The number of nitrogens with zero attached hydrogens (tertiary/aromatic N) is 2. The molecule has 0 aromatic carbocycles. The third-order valence-corrected chi connectivity index (χ3v) is 2.29. The minimum absolute atomic E-state index is 0.765. The first kappa shape index (κ1) is 10.5. The summed E-state index contributed by atoms with van der Waals surface area (Å²) in [5, 5.41) is 8.16. The van der Waals surface area contributed by atoms with Crippen molar-refractivity contribution in [3.63, 3.8) is 0 Å². The zero-order valence-corrected chi connectivity index (χ0v) is 8.93. The second-order valence-corrected chi connectivity index (χ2v) is 3.47. The summed E-state index contributed by atoms with van der Waals surface area (Å²) in [4.78, 5) is 0. The Morgan fingerprint density at radius 1 is 1.54 bits per heavy atom. The SMILES string of the molecule is CCCNCCc1c(Cl)cnn1C. The summed E-state index contributed by atoms with van der Waals surface area (Å²) in [6.45, 7) is 4.19. The number of hydrogen-bond donors (Lipinski definition) is 1. The third kappa shape index (κ3) is 3.01. The van der Waals surface area contributed by atoms with E-state index in [2.05, 4.69) is 17.3 Å². The zero-order valence-electron chi connectivity index (χ0n) is 8.18. The molecule has 0 unspecified atom stereocenters. The van der Waals surface area contributed by atoms with Gasteiger partial charge in [-0.25, -0.2) is 0 Å². The van der Waals surface area contributed by atoms with Crippen LogP contribution in [0.2, 0.25) is 5.02 Å². The number of aromatic nitrogens is 2. The lowest BCUT2D eigenvalue weighted by atomic mass is 10.3. The minimum Gasteiger partial charge on any atom is -0.316 e. The fourth-order valence-electron chi connectivity index (χ4n) is 1.23. The quantitative estimate of drug-likeness (QED) is 0.734. The van der Waals surface area contributed by atoms with Crippen molar-refractivity contribution in [3.8, 4) is 0 Å². The van der Waals surface area contributed by atoms with Gasteiger partial charge in [0.2, 0.25) is 0 Å². The fourth-order valence-corrected chi connectivity index (χ4v) is 1.49. The molecule has 0 aliphatic rings. The predicted molar refractivity (Wildman–Crippen MR) is 55.1 cm³/mol. The van der Waals surface area contributed by atoms with E-state index in [1.165, 1.54) is 6.42 Å². The van der Waals surface area contributed by atoms with E-state index in [0.717, 1.165) is 30.2 Å². The standard InChI is InChI=1S/C9H16ClN3/c1-3-5-11-6-4-9-8(10)7-12-13(9)2/h7,11H,3-6H2,1-2H3. The van der Waals surface area contributed by atoms with Gasteiger partial charge in [-0.05, 0) is 13.0 Å². The maximum Gasteiger partial charge on any atom is 0.0818 e. The number of nitrogens with one attached hydrogen (secondary N) is 1. The number of aryl methyl sites for hydroxylation is 1. The van der Waals surface area contributed by atoms with Crippen LogP contribution in [-0.2, 0) is 13.5 Å². The summed E-state index contributed by atoms with van der Waals surface area (Å²) < 4.78 is 1.83. The highest BCUT2D eigenvalue weighted by molar-refractivity contribution is 6.31. The Bertz CT molecular complexity index is 238. The molecule has 0 saturated heterocycles. The van der Waals surface area contributed by atoms with Crippen molar-refractivity contribution < 1.29 is 0 Å². The molecule has 74 valence electrons. The molecule has 0 radical (unpaired) electrons. The van der Waals surface area contributed by atoms with Crippen LogP contribution in [0.15, 0.2) is 6.20 Å². The van der Waals surface area contributed by atoms with E-state index >= 15 is 0 Å². The maximum absolute atomic E-state index is 5.95. The molecular formula is C9H16ClN3. The second kappa shape index (κ2) is 5.25. The molecule has 1 aromatic heterocycles. The molecule has 1 heterocycles. The Labute approximate surface area is 84.1 Å². The molecule has 1 rings (SSSR count). The Morgan fingerprint density at radius 3 is 2.85 bits per heavy atom. The highest BCUT2D eigenvalue weighted by Gasteiger charge is 2.04. The van der Waals surface area contributed by atoms with Gasteiger partial charge in [0.1, 0.15) is 0 Å². The second-order valence-electron chi connectivity index (χ2n) is 3.06. The molecule has 0 saturated carbocycles. The summed E-state index contributed by atoms with van der Waals surface area (Å²) >= 11 is 5.95. The van der Waals surface area contributed by atoms with E-state index in [1.807, 2.05) is 11.7 Å². The first-order valence-corrected chi connectivity index (χ1v) is 5.00. The van der Waals surface area contributed by atoms with Crippen LogP contribution in [0, 0.1) is 0 Å². The lowest BCUT2D eigenvalue weighted by Gasteiger charge is -2.03. The van der Waals surface area contributed by atoms with Gasteiger partial charge >= 0.3 is 0 Å². The van der Waals surface area contributed by atoms with Gasteiger partial charge in [0.15, 0.2) is 0 Å². The molecule has 13 heavy (non-hydrogen) atoms. The molecule has 0 bridgehead atoms. The fraction of sp³-hybridized carbons (Fsp3) is 0.667. The van der Waals surface area contributed by atoms with Crippen LogP contribution in [0.5, 0.6) is 0 Å². The molecule has 1 aromatic rings. The average Bonchev–Trinajstić information content (AvgIpc) is 2.42. The number of halogens is 1. The maximum atomic E-state index is 5.95. The number of rotatable bonds is 5. The summed E-state index contributed by atoms with van der Waals surface area (Å²) in [5.41, 5.74) is 1.10. The topological polar surface area (TPSA) is 29.9 Å². The highest BCUT2D eigenvalue weighted by Crippen LogP contribution is 2.13. The molecule has 3 nitrogen and oxygen atoms in total. The number of hydrogen-bond acceptors (Lipinski definition) is 2. The average molecular weight is 202 g/mol. The van der Waals surface area contributed by atoms with Crippen LogP contribution < -0.4 is 5.32 Å². The Morgan fingerprint density at radius 2 is 2.31 bits per heavy atom. The van der Waals surface area contributed by atoms with Crippen LogP contribution in [-0.4, -0.2) is 22.9 Å². The molecule has 4 heteroatoms. The lowest BCUT2D eigenvalue weighted by molar-refractivity contribution is 0.636. The van der Waals surface area contributed by atoms with Crippen LogP contribution in [0.1, 0.15) is 19.0 Å². The molecule has 0 aliphatic heterocycles. The van der Waals surface area contributed by atoms with Crippen LogP contribution >= 0.6 is 11.6 Å². The van der Waals surface area contributed by atoms with Crippen LogP contribution in [0.25, 0.3) is 0 Å². The lowest BCUT2D eigenvalue weighted by Crippen LogP contribution is -2.19. The summed E-state index contributed by atoms with van der Waals surface area (Å²) in [6, 6.07) is 0. The van der Waals surface area contributed by atoms with E-state index in [0.29, 0.717) is 0 Å². The van der Waals surface area contributed by atoms with Crippen molar-refractivity contribution in [2.45, 2.75) is 19.8 Å². The van der Waals surface area contributed by atoms with Gasteiger partial charge in [-0.1, -0.05) is 18.5 Å². The van der Waals surface area contributed by atoms with Crippen molar-refractivity contribution in [1.29, 1.82) is 0 Å². The van der Waals surface area contributed by atoms with Crippen molar-refractivity contribution >= 4 is 11.6 Å². The molecule has 0 spiro atoms. The predicted octanol–water partition coefficient (Wildman–Crippen LogP) is 1.62. The van der Waals surface area contributed by atoms with Crippen LogP contribution in [0.3, 0.4) is 0 Å². The van der Waals surface area contributed by atoms with E-state index in [4.69, 9.17) is 11.6 Å². The normalized spacial score (nSPS) is 10.7. The molecule has 1 N–H and O–H groups in total. The van der Waals surface area contributed by atoms with Gasteiger partial charge in [0.25, 0.3) is 0 Å². The largest absolute Gasteiger partial charge is 0.316 e. The van der Waals surface area contributed by atoms with Gasteiger partial charge < -0.3 is 5.32 Å².